The van der Waals surface area contributed by atoms with E-state index in [9.17, 15) is 9.59 Å². The minimum absolute atomic E-state index is 0.268. The first-order valence-corrected chi connectivity index (χ1v) is 6.89. The van der Waals surface area contributed by atoms with Crippen molar-refractivity contribution in [2.75, 3.05) is 32.1 Å². The van der Waals surface area contributed by atoms with Crippen LogP contribution >= 0.6 is 0 Å². The Morgan fingerprint density at radius 1 is 1.29 bits per heavy atom. The number of carbonyl (C=O) groups excluding carboxylic acids is 1. The standard InChI is InChI=1S/C15H20N2O4/c1-16(12-5-7-13(21-2)8-6-12)15(20)17(10-14(18)19)9-11-3-4-11/h5-8,11H,3-4,9-10H2,1-2H3,(H,18,19). The number of rotatable bonds is 6. The maximum absolute atomic E-state index is 12.5. The topological polar surface area (TPSA) is 70.1 Å². The van der Waals surface area contributed by atoms with Gasteiger partial charge in [-0.05, 0) is 43.0 Å². The van der Waals surface area contributed by atoms with Gasteiger partial charge >= 0.3 is 12.0 Å². The molecule has 1 aromatic rings. The number of carbonyl (C=O) groups is 2. The summed E-state index contributed by atoms with van der Waals surface area (Å²) in [5.41, 5.74) is 0.701. The largest absolute Gasteiger partial charge is 0.497 e. The van der Waals surface area contributed by atoms with Crippen molar-refractivity contribution in [2.45, 2.75) is 12.8 Å². The average Bonchev–Trinajstić information content (AvgIpc) is 3.28. The van der Waals surface area contributed by atoms with Crippen LogP contribution in [0.2, 0.25) is 0 Å². The zero-order valence-electron chi connectivity index (χ0n) is 12.3. The molecular weight excluding hydrogens is 272 g/mol. The van der Waals surface area contributed by atoms with Crippen LogP contribution in [0.15, 0.2) is 24.3 Å². The van der Waals surface area contributed by atoms with Crippen LogP contribution in [-0.2, 0) is 4.79 Å². The number of aliphatic carboxylic acids is 1. The van der Waals surface area contributed by atoms with Crippen LogP contribution in [0, 0.1) is 5.92 Å². The summed E-state index contributed by atoms with van der Waals surface area (Å²) in [7, 11) is 3.22. The summed E-state index contributed by atoms with van der Waals surface area (Å²) in [5, 5.41) is 8.96. The van der Waals surface area contributed by atoms with Crippen LogP contribution in [0.25, 0.3) is 0 Å². The normalized spacial score (nSPS) is 13.6. The summed E-state index contributed by atoms with van der Waals surface area (Å²) in [6, 6.07) is 6.78. The van der Waals surface area contributed by atoms with E-state index >= 15 is 0 Å². The van der Waals surface area contributed by atoms with Crippen molar-refractivity contribution in [1.82, 2.24) is 4.90 Å². The number of nitrogens with zero attached hydrogens (tertiary/aromatic N) is 2. The Morgan fingerprint density at radius 3 is 2.38 bits per heavy atom. The predicted molar refractivity (Wildman–Crippen MR) is 78.7 cm³/mol. The lowest BCUT2D eigenvalue weighted by Gasteiger charge is -2.27. The van der Waals surface area contributed by atoms with Gasteiger partial charge in [0, 0.05) is 19.3 Å². The molecular formula is C15H20N2O4. The first-order valence-electron chi connectivity index (χ1n) is 6.89. The van der Waals surface area contributed by atoms with E-state index in [0.717, 1.165) is 12.8 Å². The van der Waals surface area contributed by atoms with Crippen molar-refractivity contribution < 1.29 is 19.4 Å². The molecule has 2 rings (SSSR count). The van der Waals surface area contributed by atoms with Crippen LogP contribution in [-0.4, -0.2) is 49.3 Å². The molecule has 0 atom stereocenters. The number of carboxylic acids is 1. The molecule has 0 radical (unpaired) electrons. The van der Waals surface area contributed by atoms with E-state index < -0.39 is 5.97 Å². The minimum atomic E-state index is -0.993. The van der Waals surface area contributed by atoms with Gasteiger partial charge in [0.25, 0.3) is 0 Å². The Morgan fingerprint density at radius 2 is 1.90 bits per heavy atom. The molecule has 1 N–H and O–H groups in total. The predicted octanol–water partition coefficient (Wildman–Crippen LogP) is 2.05. The fourth-order valence-corrected chi connectivity index (χ4v) is 2.11. The van der Waals surface area contributed by atoms with Gasteiger partial charge < -0.3 is 14.7 Å². The van der Waals surface area contributed by atoms with Crippen molar-refractivity contribution >= 4 is 17.7 Å². The molecule has 1 saturated carbocycles. The number of anilines is 1. The van der Waals surface area contributed by atoms with Crippen LogP contribution in [0.5, 0.6) is 5.75 Å². The SMILES string of the molecule is COc1ccc(N(C)C(=O)N(CC(=O)O)CC2CC2)cc1. The molecule has 2 amide bonds. The minimum Gasteiger partial charge on any atom is -0.497 e. The van der Waals surface area contributed by atoms with Gasteiger partial charge in [0.1, 0.15) is 12.3 Å². The Labute approximate surface area is 123 Å². The number of amides is 2. The highest BCUT2D eigenvalue weighted by atomic mass is 16.5. The molecule has 6 heteroatoms. The van der Waals surface area contributed by atoms with Crippen molar-refractivity contribution in [3.63, 3.8) is 0 Å². The van der Waals surface area contributed by atoms with Gasteiger partial charge in [0.15, 0.2) is 0 Å². The van der Waals surface area contributed by atoms with E-state index in [1.807, 2.05) is 0 Å². The van der Waals surface area contributed by atoms with Crippen molar-refractivity contribution in [2.24, 2.45) is 5.92 Å². The molecule has 0 heterocycles. The van der Waals surface area contributed by atoms with Gasteiger partial charge in [0.05, 0.1) is 7.11 Å². The number of ether oxygens (including phenoxy) is 1. The second-order valence-corrected chi connectivity index (χ2v) is 5.26. The van der Waals surface area contributed by atoms with E-state index in [2.05, 4.69) is 0 Å². The molecule has 0 saturated heterocycles. The third kappa shape index (κ3) is 4.11. The zero-order valence-corrected chi connectivity index (χ0v) is 12.3. The lowest BCUT2D eigenvalue weighted by molar-refractivity contribution is -0.137. The summed E-state index contributed by atoms with van der Waals surface area (Å²) < 4.78 is 5.08. The molecule has 0 unspecified atom stereocenters. The maximum atomic E-state index is 12.5. The van der Waals surface area contributed by atoms with E-state index in [1.54, 1.807) is 38.4 Å². The van der Waals surface area contributed by atoms with Gasteiger partial charge in [-0.25, -0.2) is 4.79 Å². The first kappa shape index (κ1) is 15.2. The van der Waals surface area contributed by atoms with Crippen LogP contribution in [0.1, 0.15) is 12.8 Å². The first-order chi connectivity index (χ1) is 10.0. The Bertz CT molecular complexity index is 511. The lowest BCUT2D eigenvalue weighted by Crippen LogP contribution is -2.44. The molecule has 1 fully saturated rings. The summed E-state index contributed by atoms with van der Waals surface area (Å²) in [4.78, 5) is 26.2. The Hall–Kier alpha value is -2.24. The summed E-state index contributed by atoms with van der Waals surface area (Å²) in [5.74, 6) is 0.157. The molecule has 114 valence electrons. The van der Waals surface area contributed by atoms with Crippen LogP contribution < -0.4 is 9.64 Å². The highest BCUT2D eigenvalue weighted by Gasteiger charge is 2.29. The zero-order chi connectivity index (χ0) is 15.4. The summed E-state index contributed by atoms with van der Waals surface area (Å²) in [6.45, 7) is 0.238. The fraction of sp³-hybridized carbons (Fsp3) is 0.467. The third-order valence-corrected chi connectivity index (χ3v) is 3.52. The number of urea groups is 1. The number of benzene rings is 1. The molecule has 0 aromatic heterocycles. The fourth-order valence-electron chi connectivity index (χ4n) is 2.11. The van der Waals surface area contributed by atoms with Gasteiger partial charge in [-0.2, -0.15) is 0 Å². The maximum Gasteiger partial charge on any atom is 0.324 e. The van der Waals surface area contributed by atoms with E-state index in [-0.39, 0.29) is 12.6 Å². The highest BCUT2D eigenvalue weighted by Crippen LogP contribution is 2.30. The monoisotopic (exact) mass is 292 g/mol. The highest BCUT2D eigenvalue weighted by molar-refractivity contribution is 5.93. The van der Waals surface area contributed by atoms with Gasteiger partial charge in [0.2, 0.25) is 0 Å². The molecule has 1 aromatic carbocycles. The molecule has 1 aliphatic carbocycles. The summed E-state index contributed by atoms with van der Waals surface area (Å²) >= 11 is 0. The van der Waals surface area contributed by atoms with Crippen LogP contribution in [0.4, 0.5) is 10.5 Å². The second-order valence-electron chi connectivity index (χ2n) is 5.26. The van der Waals surface area contributed by atoms with Crippen molar-refractivity contribution in [3.05, 3.63) is 24.3 Å². The quantitative estimate of drug-likeness (QED) is 0.871. The molecule has 6 nitrogen and oxygen atoms in total. The molecule has 1 aliphatic rings. The number of methoxy groups -OCH3 is 1. The summed E-state index contributed by atoms with van der Waals surface area (Å²) in [6.07, 6.45) is 2.13. The third-order valence-electron chi connectivity index (χ3n) is 3.52. The molecule has 21 heavy (non-hydrogen) atoms. The van der Waals surface area contributed by atoms with Gasteiger partial charge in [-0.15, -0.1) is 0 Å². The van der Waals surface area contributed by atoms with Gasteiger partial charge in [-0.3, -0.25) is 9.69 Å². The number of hydrogen-bond donors (Lipinski definition) is 1. The number of hydrogen-bond acceptors (Lipinski definition) is 3. The molecule has 0 spiro atoms. The van der Waals surface area contributed by atoms with Crippen molar-refractivity contribution in [1.29, 1.82) is 0 Å². The van der Waals surface area contributed by atoms with E-state index in [4.69, 9.17) is 9.84 Å². The smallest absolute Gasteiger partial charge is 0.324 e. The Kier molecular flexibility index (Phi) is 4.67. The lowest BCUT2D eigenvalue weighted by atomic mass is 10.3. The second kappa shape index (κ2) is 6.47. The van der Waals surface area contributed by atoms with Crippen molar-refractivity contribution in [3.8, 4) is 5.75 Å². The Balaban J connectivity index is 2.07. The van der Waals surface area contributed by atoms with Gasteiger partial charge in [-0.1, -0.05) is 0 Å². The molecule has 0 aliphatic heterocycles. The number of carboxylic acid groups (broad SMARTS) is 1. The molecule has 0 bridgehead atoms. The average molecular weight is 292 g/mol. The van der Waals surface area contributed by atoms with E-state index in [1.165, 1.54) is 9.80 Å². The van der Waals surface area contributed by atoms with Crippen LogP contribution in [0.3, 0.4) is 0 Å². The van der Waals surface area contributed by atoms with E-state index in [0.29, 0.717) is 23.9 Å².